The lowest BCUT2D eigenvalue weighted by molar-refractivity contribution is 0.0737. The van der Waals surface area contributed by atoms with Crippen LogP contribution in [-0.4, -0.2) is 39.3 Å². The number of hydrogen-bond donors (Lipinski definition) is 1. The number of amides is 1. The van der Waals surface area contributed by atoms with Crippen molar-refractivity contribution in [2.24, 2.45) is 0 Å². The number of hydrogen-bond acceptors (Lipinski definition) is 4. The van der Waals surface area contributed by atoms with E-state index in [2.05, 4.69) is 15.2 Å². The van der Waals surface area contributed by atoms with Gasteiger partial charge >= 0.3 is 0 Å². The SMILES string of the molecule is CSc1ncccc1C(=O)N(C)[C@H](C)c1c(C)n[nH]c1C. The third-order valence-corrected chi connectivity index (χ3v) is 4.41. The van der Waals surface area contributed by atoms with Gasteiger partial charge in [-0.3, -0.25) is 9.89 Å². The largest absolute Gasteiger partial charge is 0.335 e. The number of aromatic nitrogens is 3. The molecule has 1 N–H and O–H groups in total. The predicted octanol–water partition coefficient (Wildman–Crippen LogP) is 2.98. The molecule has 0 spiro atoms. The Bertz CT molecular complexity index is 633. The van der Waals surface area contributed by atoms with E-state index in [0.717, 1.165) is 22.0 Å². The average molecular weight is 304 g/mol. The van der Waals surface area contributed by atoms with E-state index in [-0.39, 0.29) is 11.9 Å². The molecule has 0 aromatic carbocycles. The van der Waals surface area contributed by atoms with Crippen LogP contribution in [0.4, 0.5) is 0 Å². The summed E-state index contributed by atoms with van der Waals surface area (Å²) in [6.07, 6.45) is 3.63. The van der Waals surface area contributed by atoms with Gasteiger partial charge in [0, 0.05) is 24.5 Å². The zero-order chi connectivity index (χ0) is 15.6. The quantitative estimate of drug-likeness (QED) is 0.882. The van der Waals surface area contributed by atoms with Gasteiger partial charge in [0.2, 0.25) is 0 Å². The number of thioether (sulfide) groups is 1. The lowest BCUT2D eigenvalue weighted by atomic mass is 10.0. The summed E-state index contributed by atoms with van der Waals surface area (Å²) in [5, 5.41) is 7.93. The van der Waals surface area contributed by atoms with Gasteiger partial charge in [0.15, 0.2) is 0 Å². The van der Waals surface area contributed by atoms with E-state index in [1.165, 1.54) is 11.8 Å². The van der Waals surface area contributed by atoms with Crippen molar-refractivity contribution in [3.8, 4) is 0 Å². The molecule has 2 aromatic rings. The van der Waals surface area contributed by atoms with Crippen LogP contribution in [0.2, 0.25) is 0 Å². The van der Waals surface area contributed by atoms with Gasteiger partial charge in [0.1, 0.15) is 5.03 Å². The van der Waals surface area contributed by atoms with E-state index >= 15 is 0 Å². The Morgan fingerprint density at radius 3 is 2.71 bits per heavy atom. The van der Waals surface area contributed by atoms with Crippen LogP contribution in [0.5, 0.6) is 0 Å². The van der Waals surface area contributed by atoms with Gasteiger partial charge in [-0.25, -0.2) is 4.98 Å². The van der Waals surface area contributed by atoms with Crippen LogP contribution in [0.3, 0.4) is 0 Å². The van der Waals surface area contributed by atoms with Crippen molar-refractivity contribution in [2.45, 2.75) is 31.8 Å². The van der Waals surface area contributed by atoms with Gasteiger partial charge < -0.3 is 4.90 Å². The fraction of sp³-hybridized carbons (Fsp3) is 0.400. The molecule has 0 aliphatic rings. The zero-order valence-electron chi connectivity index (χ0n) is 13.0. The molecule has 21 heavy (non-hydrogen) atoms. The summed E-state index contributed by atoms with van der Waals surface area (Å²) >= 11 is 1.48. The third-order valence-electron chi connectivity index (χ3n) is 3.70. The molecule has 2 aromatic heterocycles. The van der Waals surface area contributed by atoms with Crippen molar-refractivity contribution in [3.05, 3.63) is 40.8 Å². The summed E-state index contributed by atoms with van der Waals surface area (Å²) in [6.45, 7) is 5.93. The molecule has 6 heteroatoms. The number of nitrogens with zero attached hydrogens (tertiary/aromatic N) is 3. The van der Waals surface area contributed by atoms with E-state index < -0.39 is 0 Å². The van der Waals surface area contributed by atoms with Crippen LogP contribution in [0.1, 0.15) is 40.3 Å². The number of nitrogens with one attached hydrogen (secondary N) is 1. The molecule has 0 radical (unpaired) electrons. The molecule has 0 aliphatic carbocycles. The fourth-order valence-corrected chi connectivity index (χ4v) is 2.99. The third kappa shape index (κ3) is 2.95. The number of pyridine rings is 1. The minimum atomic E-state index is -0.0498. The molecular formula is C15H20N4OS. The maximum atomic E-state index is 12.7. The minimum absolute atomic E-state index is 0.0278. The highest BCUT2D eigenvalue weighted by atomic mass is 32.2. The summed E-state index contributed by atoms with van der Waals surface area (Å²) in [4.78, 5) is 18.7. The Morgan fingerprint density at radius 2 is 2.14 bits per heavy atom. The molecular weight excluding hydrogens is 284 g/mol. The van der Waals surface area contributed by atoms with Crippen molar-refractivity contribution < 1.29 is 4.79 Å². The molecule has 0 aliphatic heterocycles. The standard InChI is InChI=1S/C15H20N4OS/c1-9-13(10(2)18-17-9)11(3)19(4)15(20)12-7-6-8-16-14(12)21-5/h6-8,11H,1-5H3,(H,17,18)/t11-/m1/s1. The van der Waals surface area contributed by atoms with Gasteiger partial charge in [0.25, 0.3) is 5.91 Å². The maximum absolute atomic E-state index is 12.7. The molecule has 2 heterocycles. The molecule has 112 valence electrons. The van der Waals surface area contributed by atoms with Crippen molar-refractivity contribution in [1.82, 2.24) is 20.1 Å². The number of H-pyrrole nitrogens is 1. The summed E-state index contributed by atoms with van der Waals surface area (Å²) in [5.74, 6) is -0.0278. The highest BCUT2D eigenvalue weighted by molar-refractivity contribution is 7.98. The Balaban J connectivity index is 2.31. The van der Waals surface area contributed by atoms with Crippen LogP contribution in [0, 0.1) is 13.8 Å². The summed E-state index contributed by atoms with van der Waals surface area (Å²) in [5.41, 5.74) is 3.63. The molecule has 0 saturated heterocycles. The van der Waals surface area contributed by atoms with E-state index in [0.29, 0.717) is 5.56 Å². The molecule has 0 fully saturated rings. The lowest BCUT2D eigenvalue weighted by Crippen LogP contribution is -2.30. The topological polar surface area (TPSA) is 61.9 Å². The lowest BCUT2D eigenvalue weighted by Gasteiger charge is -2.26. The van der Waals surface area contributed by atoms with E-state index in [9.17, 15) is 4.79 Å². The summed E-state index contributed by atoms with van der Waals surface area (Å²) < 4.78 is 0. The first-order chi connectivity index (χ1) is 9.97. The maximum Gasteiger partial charge on any atom is 0.256 e. The number of carbonyl (C=O) groups excluding carboxylic acids is 1. The first-order valence-corrected chi connectivity index (χ1v) is 7.97. The van der Waals surface area contributed by atoms with Crippen molar-refractivity contribution in [1.29, 1.82) is 0 Å². The molecule has 5 nitrogen and oxygen atoms in total. The first kappa shape index (κ1) is 15.6. The average Bonchev–Trinajstić information content (AvgIpc) is 2.84. The van der Waals surface area contributed by atoms with Gasteiger partial charge in [0.05, 0.1) is 17.3 Å². The number of carbonyl (C=O) groups is 1. The van der Waals surface area contributed by atoms with Crippen LogP contribution in [0.15, 0.2) is 23.4 Å². The fourth-order valence-electron chi connectivity index (χ4n) is 2.45. The second kappa shape index (κ2) is 6.30. The first-order valence-electron chi connectivity index (χ1n) is 6.75. The van der Waals surface area contributed by atoms with E-state index in [4.69, 9.17) is 0 Å². The zero-order valence-corrected chi connectivity index (χ0v) is 13.8. The van der Waals surface area contributed by atoms with Crippen molar-refractivity contribution >= 4 is 17.7 Å². The number of aryl methyl sites for hydroxylation is 2. The molecule has 0 unspecified atom stereocenters. The number of rotatable bonds is 4. The van der Waals surface area contributed by atoms with Gasteiger partial charge in [-0.1, -0.05) is 0 Å². The summed E-state index contributed by atoms with van der Waals surface area (Å²) in [7, 11) is 1.82. The van der Waals surface area contributed by atoms with Crippen LogP contribution >= 0.6 is 11.8 Å². The molecule has 0 saturated carbocycles. The number of aromatic amines is 1. The van der Waals surface area contributed by atoms with Gasteiger partial charge in [-0.15, -0.1) is 11.8 Å². The van der Waals surface area contributed by atoms with E-state index in [1.807, 2.05) is 40.1 Å². The second-order valence-corrected chi connectivity index (χ2v) is 5.79. The Labute approximate surface area is 129 Å². The van der Waals surface area contributed by atoms with Gasteiger partial charge in [-0.05, 0) is 39.2 Å². The van der Waals surface area contributed by atoms with Gasteiger partial charge in [-0.2, -0.15) is 5.10 Å². The molecule has 0 bridgehead atoms. The van der Waals surface area contributed by atoms with Crippen LogP contribution in [0.25, 0.3) is 0 Å². The molecule has 2 rings (SSSR count). The smallest absolute Gasteiger partial charge is 0.256 e. The Kier molecular flexibility index (Phi) is 4.67. The Morgan fingerprint density at radius 1 is 1.43 bits per heavy atom. The Hall–Kier alpha value is -1.82. The molecule has 1 atom stereocenters. The normalized spacial score (nSPS) is 12.2. The second-order valence-electron chi connectivity index (χ2n) is 5.00. The molecule has 1 amide bonds. The minimum Gasteiger partial charge on any atom is -0.335 e. The monoisotopic (exact) mass is 304 g/mol. The van der Waals surface area contributed by atoms with Crippen molar-refractivity contribution in [3.63, 3.8) is 0 Å². The highest BCUT2D eigenvalue weighted by Gasteiger charge is 2.24. The summed E-state index contributed by atoms with van der Waals surface area (Å²) in [6, 6.07) is 3.56. The predicted molar refractivity (Wildman–Crippen MR) is 84.6 cm³/mol. The highest BCUT2D eigenvalue weighted by Crippen LogP contribution is 2.27. The van der Waals surface area contributed by atoms with E-state index in [1.54, 1.807) is 17.2 Å². The van der Waals surface area contributed by atoms with Crippen molar-refractivity contribution in [2.75, 3.05) is 13.3 Å². The van der Waals surface area contributed by atoms with Crippen LogP contribution < -0.4 is 0 Å². The van der Waals surface area contributed by atoms with Crippen LogP contribution in [-0.2, 0) is 0 Å².